The van der Waals surface area contributed by atoms with Gasteiger partial charge in [-0.3, -0.25) is 0 Å². The second-order valence-corrected chi connectivity index (χ2v) is 4.65. The van der Waals surface area contributed by atoms with E-state index in [4.69, 9.17) is 9.47 Å². The summed E-state index contributed by atoms with van der Waals surface area (Å²) in [5, 5.41) is 6.22. The summed E-state index contributed by atoms with van der Waals surface area (Å²) < 4.78 is 10.9. The summed E-state index contributed by atoms with van der Waals surface area (Å²) in [4.78, 5) is 8.29. The third-order valence-electron chi connectivity index (χ3n) is 3.05. The van der Waals surface area contributed by atoms with Gasteiger partial charge in [-0.2, -0.15) is 0 Å². The molecule has 1 fully saturated rings. The van der Waals surface area contributed by atoms with Gasteiger partial charge in [-0.25, -0.2) is 9.97 Å². The van der Waals surface area contributed by atoms with E-state index < -0.39 is 0 Å². The van der Waals surface area contributed by atoms with E-state index in [2.05, 4.69) is 20.6 Å². The summed E-state index contributed by atoms with van der Waals surface area (Å²) in [6, 6.07) is 0. The number of nitrogens with one attached hydrogen (secondary N) is 2. The molecule has 0 spiro atoms. The maximum atomic E-state index is 5.58. The van der Waals surface area contributed by atoms with Crippen molar-refractivity contribution in [3.63, 3.8) is 0 Å². The predicted molar refractivity (Wildman–Crippen MR) is 74.8 cm³/mol. The van der Waals surface area contributed by atoms with Crippen LogP contribution in [-0.2, 0) is 4.74 Å². The summed E-state index contributed by atoms with van der Waals surface area (Å²) in [7, 11) is 3.42. The molecular weight excluding hydrogens is 244 g/mol. The van der Waals surface area contributed by atoms with Crippen LogP contribution in [0.4, 0.5) is 11.6 Å². The summed E-state index contributed by atoms with van der Waals surface area (Å²) >= 11 is 0. The first-order chi connectivity index (χ1) is 9.35. The van der Waals surface area contributed by atoms with Crippen molar-refractivity contribution in [2.45, 2.75) is 19.3 Å². The first-order valence-electron chi connectivity index (χ1n) is 6.73. The number of aromatic nitrogens is 2. The zero-order valence-corrected chi connectivity index (χ0v) is 11.6. The first-order valence-corrected chi connectivity index (χ1v) is 6.73. The lowest BCUT2D eigenvalue weighted by Crippen LogP contribution is -2.10. The van der Waals surface area contributed by atoms with Gasteiger partial charge in [0, 0.05) is 26.8 Å². The highest BCUT2D eigenvalue weighted by Gasteiger charge is 2.20. The van der Waals surface area contributed by atoms with Crippen LogP contribution in [0.25, 0.3) is 0 Å². The molecule has 1 heterocycles. The van der Waals surface area contributed by atoms with E-state index in [1.54, 1.807) is 14.2 Å². The maximum Gasteiger partial charge on any atom is 0.204 e. The van der Waals surface area contributed by atoms with Crippen LogP contribution in [0.2, 0.25) is 0 Å². The topological polar surface area (TPSA) is 68.3 Å². The molecule has 1 aliphatic rings. The molecule has 6 heteroatoms. The number of rotatable bonds is 9. The summed E-state index contributed by atoms with van der Waals surface area (Å²) in [6.07, 6.45) is 5.14. The van der Waals surface area contributed by atoms with Crippen molar-refractivity contribution in [2.75, 3.05) is 44.5 Å². The normalized spacial score (nSPS) is 14.2. The summed E-state index contributed by atoms with van der Waals surface area (Å²) in [5.41, 5.74) is 0. The highest BCUT2D eigenvalue weighted by Crippen LogP contribution is 2.29. The van der Waals surface area contributed by atoms with E-state index in [1.807, 2.05) is 0 Å². The van der Waals surface area contributed by atoms with Gasteiger partial charge in [0.1, 0.15) is 6.33 Å². The number of methoxy groups -OCH3 is 1. The van der Waals surface area contributed by atoms with Crippen molar-refractivity contribution in [3.8, 4) is 5.75 Å². The highest BCUT2D eigenvalue weighted by molar-refractivity contribution is 5.63. The Bertz CT molecular complexity index is 396. The van der Waals surface area contributed by atoms with E-state index in [0.717, 1.165) is 32.1 Å². The van der Waals surface area contributed by atoms with E-state index in [9.17, 15) is 0 Å². The summed E-state index contributed by atoms with van der Waals surface area (Å²) in [5.74, 6) is 2.87. The van der Waals surface area contributed by atoms with Gasteiger partial charge in [-0.1, -0.05) is 0 Å². The smallest absolute Gasteiger partial charge is 0.204 e. The molecule has 1 aromatic rings. The van der Waals surface area contributed by atoms with Crippen LogP contribution in [0.15, 0.2) is 6.33 Å². The van der Waals surface area contributed by atoms with Gasteiger partial charge in [-0.15, -0.1) is 0 Å². The molecule has 0 bridgehead atoms. The van der Waals surface area contributed by atoms with Crippen molar-refractivity contribution in [1.29, 1.82) is 0 Å². The van der Waals surface area contributed by atoms with Gasteiger partial charge < -0.3 is 20.1 Å². The quantitative estimate of drug-likeness (QED) is 0.664. The Morgan fingerprint density at radius 2 is 2.11 bits per heavy atom. The largest absolute Gasteiger partial charge is 0.490 e. The Morgan fingerprint density at radius 1 is 1.32 bits per heavy atom. The van der Waals surface area contributed by atoms with Crippen molar-refractivity contribution in [3.05, 3.63) is 6.33 Å². The number of nitrogens with zero attached hydrogens (tertiary/aromatic N) is 2. The molecule has 2 rings (SSSR count). The van der Waals surface area contributed by atoms with Crippen molar-refractivity contribution in [1.82, 2.24) is 9.97 Å². The lowest BCUT2D eigenvalue weighted by atomic mass is 10.4. The maximum absolute atomic E-state index is 5.58. The lowest BCUT2D eigenvalue weighted by molar-refractivity contribution is 0.124. The zero-order chi connectivity index (χ0) is 13.5. The van der Waals surface area contributed by atoms with Gasteiger partial charge in [0.2, 0.25) is 5.75 Å². The first kappa shape index (κ1) is 13.9. The van der Waals surface area contributed by atoms with Gasteiger partial charge in [-0.05, 0) is 25.2 Å². The minimum atomic E-state index is 0.642. The second-order valence-electron chi connectivity index (χ2n) is 4.65. The number of anilines is 2. The molecule has 0 amide bonds. The number of hydrogen-bond acceptors (Lipinski definition) is 6. The molecule has 0 saturated heterocycles. The minimum Gasteiger partial charge on any atom is -0.490 e. The molecule has 0 unspecified atom stereocenters. The molecule has 0 aliphatic heterocycles. The van der Waals surface area contributed by atoms with Crippen LogP contribution < -0.4 is 15.4 Å². The Kier molecular flexibility index (Phi) is 5.20. The molecule has 0 atom stereocenters. The third-order valence-corrected chi connectivity index (χ3v) is 3.05. The molecule has 6 nitrogen and oxygen atoms in total. The fourth-order valence-electron chi connectivity index (χ4n) is 1.79. The number of ether oxygens (including phenoxy) is 2. The average Bonchev–Trinajstić information content (AvgIpc) is 3.26. The fourth-order valence-corrected chi connectivity index (χ4v) is 1.79. The van der Waals surface area contributed by atoms with Gasteiger partial charge in [0.05, 0.1) is 7.11 Å². The van der Waals surface area contributed by atoms with Crippen molar-refractivity contribution in [2.24, 2.45) is 5.92 Å². The zero-order valence-electron chi connectivity index (χ0n) is 11.6. The van der Waals surface area contributed by atoms with Crippen LogP contribution >= 0.6 is 0 Å². The van der Waals surface area contributed by atoms with Crippen molar-refractivity contribution >= 4 is 11.6 Å². The van der Waals surface area contributed by atoms with E-state index in [0.29, 0.717) is 17.4 Å². The van der Waals surface area contributed by atoms with Crippen LogP contribution in [-0.4, -0.2) is 43.9 Å². The molecule has 1 aromatic heterocycles. The Morgan fingerprint density at radius 3 is 2.79 bits per heavy atom. The van der Waals surface area contributed by atoms with E-state index in [1.165, 1.54) is 19.2 Å². The second kappa shape index (κ2) is 7.13. The Hall–Kier alpha value is -1.56. The third kappa shape index (κ3) is 4.24. The Labute approximate surface area is 113 Å². The molecule has 2 N–H and O–H groups in total. The molecule has 19 heavy (non-hydrogen) atoms. The molecule has 1 saturated carbocycles. The Balaban J connectivity index is 1.71. The lowest BCUT2D eigenvalue weighted by Gasteiger charge is -2.12. The predicted octanol–water partition coefficient (Wildman–Crippen LogP) is 1.76. The van der Waals surface area contributed by atoms with Crippen LogP contribution in [0, 0.1) is 5.92 Å². The monoisotopic (exact) mass is 266 g/mol. The van der Waals surface area contributed by atoms with Crippen LogP contribution in [0.3, 0.4) is 0 Å². The average molecular weight is 266 g/mol. The van der Waals surface area contributed by atoms with Gasteiger partial charge in [0.15, 0.2) is 11.6 Å². The SMILES string of the molecule is CNc1ncnc(NCCCOCC2CC2)c1OC. The van der Waals surface area contributed by atoms with Gasteiger partial charge >= 0.3 is 0 Å². The fraction of sp³-hybridized carbons (Fsp3) is 0.692. The molecular formula is C13H22N4O2. The van der Waals surface area contributed by atoms with Crippen LogP contribution in [0.1, 0.15) is 19.3 Å². The highest BCUT2D eigenvalue weighted by atomic mass is 16.5. The summed E-state index contributed by atoms with van der Waals surface area (Å²) in [6.45, 7) is 2.51. The van der Waals surface area contributed by atoms with Crippen molar-refractivity contribution < 1.29 is 9.47 Å². The van der Waals surface area contributed by atoms with Crippen LogP contribution in [0.5, 0.6) is 5.75 Å². The molecule has 106 valence electrons. The minimum absolute atomic E-state index is 0.642. The molecule has 0 radical (unpaired) electrons. The number of hydrogen-bond donors (Lipinski definition) is 2. The van der Waals surface area contributed by atoms with E-state index in [-0.39, 0.29) is 0 Å². The van der Waals surface area contributed by atoms with Gasteiger partial charge in [0.25, 0.3) is 0 Å². The van der Waals surface area contributed by atoms with E-state index >= 15 is 0 Å². The molecule has 0 aromatic carbocycles. The molecule has 1 aliphatic carbocycles. The standard InChI is InChI=1S/C13H22N4O2/c1-14-12-11(18-2)13(17-9-16-12)15-6-3-7-19-8-10-4-5-10/h9-10H,3-8H2,1-2H3,(H2,14,15,16,17).